The number of hydrogen-bond acceptors (Lipinski definition) is 5. The van der Waals surface area contributed by atoms with Crippen LogP contribution in [0.25, 0.3) is 0 Å². The minimum Gasteiger partial charge on any atom is -0.392 e. The molecule has 2 bridgehead atoms. The summed E-state index contributed by atoms with van der Waals surface area (Å²) in [7, 11) is 0. The van der Waals surface area contributed by atoms with Gasteiger partial charge in [0.25, 0.3) is 0 Å². The van der Waals surface area contributed by atoms with E-state index in [0.29, 0.717) is 11.5 Å². The van der Waals surface area contributed by atoms with Crippen LogP contribution in [0.2, 0.25) is 0 Å². The molecule has 1 spiro atoms. The van der Waals surface area contributed by atoms with Crippen molar-refractivity contribution in [3.63, 3.8) is 0 Å². The SMILES string of the molecule is CC=C(C)C(C)O[C@H]1C(C)=C[C@]23C(=O)[C@@H](C=C(CO)[C@@H](O)[C@]12O)[C@H]1[C@@H](C[C@H]3C)C1(C)C. The highest BCUT2D eigenvalue weighted by Gasteiger charge is 2.76. The number of aliphatic hydroxyl groups excluding tert-OH is 2. The Kier molecular flexibility index (Phi) is 5.26. The molecule has 0 saturated heterocycles. The maximum Gasteiger partial charge on any atom is 0.153 e. The number of carbonyl (C=O) groups excluding carboxylic acids is 1. The molecule has 1 unspecified atom stereocenters. The first-order chi connectivity index (χ1) is 14.4. The van der Waals surface area contributed by atoms with E-state index in [1.54, 1.807) is 6.08 Å². The number of Topliss-reactive ketones (excluding diaryl/α,β-unsaturated/α-hetero) is 1. The molecular weight excluding hydrogens is 392 g/mol. The van der Waals surface area contributed by atoms with Crippen LogP contribution in [-0.4, -0.2) is 51.6 Å². The molecule has 0 aliphatic heterocycles. The minimum absolute atomic E-state index is 0.0332. The van der Waals surface area contributed by atoms with Crippen LogP contribution in [0.4, 0.5) is 0 Å². The van der Waals surface area contributed by atoms with E-state index in [4.69, 9.17) is 4.74 Å². The standard InChI is InChI=1S/C26H38O5/c1-8-13(2)16(5)31-23-14(3)11-25-15(4)9-19-20(24(19,6)7)18(22(25)29)10-17(12-27)21(28)26(23,25)30/h8,10-11,15-16,18-21,23,27-28,30H,9,12H2,1-7H3/t15-,16?,18+,19-,20+,21-,23+,25+,26+/m1/s1. The zero-order chi connectivity index (χ0) is 23.1. The van der Waals surface area contributed by atoms with E-state index >= 15 is 0 Å². The Bertz CT molecular complexity index is 882. The monoisotopic (exact) mass is 430 g/mol. The molecule has 0 aromatic carbocycles. The van der Waals surface area contributed by atoms with Crippen molar-refractivity contribution in [3.05, 3.63) is 34.9 Å². The van der Waals surface area contributed by atoms with Crippen molar-refractivity contribution in [3.8, 4) is 0 Å². The number of carbonyl (C=O) groups is 1. The average Bonchev–Trinajstić information content (AvgIpc) is 3.21. The number of hydrogen-bond donors (Lipinski definition) is 3. The van der Waals surface area contributed by atoms with Crippen LogP contribution < -0.4 is 0 Å². The van der Waals surface area contributed by atoms with Crippen molar-refractivity contribution >= 4 is 5.78 Å². The molecule has 0 amide bonds. The molecule has 5 nitrogen and oxygen atoms in total. The Balaban J connectivity index is 1.90. The Morgan fingerprint density at radius 3 is 2.61 bits per heavy atom. The molecule has 3 N–H and O–H groups in total. The van der Waals surface area contributed by atoms with Gasteiger partial charge in [0.05, 0.1) is 18.1 Å². The zero-order valence-electron chi connectivity index (χ0n) is 19.8. The molecule has 4 rings (SSSR count). The summed E-state index contributed by atoms with van der Waals surface area (Å²) < 4.78 is 6.36. The quantitative estimate of drug-likeness (QED) is 0.596. The lowest BCUT2D eigenvalue weighted by molar-refractivity contribution is -0.204. The molecule has 2 saturated carbocycles. The second-order valence-electron chi connectivity index (χ2n) is 11.1. The topological polar surface area (TPSA) is 87.0 Å². The normalized spacial score (nSPS) is 46.9. The first-order valence-corrected chi connectivity index (χ1v) is 11.6. The van der Waals surface area contributed by atoms with Crippen molar-refractivity contribution in [2.45, 2.75) is 78.8 Å². The summed E-state index contributed by atoms with van der Waals surface area (Å²) in [4.78, 5) is 14.3. The van der Waals surface area contributed by atoms with Gasteiger partial charge in [-0.3, -0.25) is 4.79 Å². The summed E-state index contributed by atoms with van der Waals surface area (Å²) in [5.74, 6) is -0.0792. The van der Waals surface area contributed by atoms with E-state index in [9.17, 15) is 20.1 Å². The van der Waals surface area contributed by atoms with Gasteiger partial charge < -0.3 is 20.1 Å². The number of ether oxygens (including phenoxy) is 1. The molecule has 9 atom stereocenters. The molecule has 0 radical (unpaired) electrons. The summed E-state index contributed by atoms with van der Waals surface area (Å²) in [6.45, 7) is 13.7. The predicted molar refractivity (Wildman–Crippen MR) is 119 cm³/mol. The van der Waals surface area contributed by atoms with Crippen molar-refractivity contribution < 1.29 is 24.9 Å². The Labute approximate surface area is 185 Å². The molecule has 2 fully saturated rings. The molecule has 172 valence electrons. The predicted octanol–water partition coefficient (Wildman–Crippen LogP) is 3.19. The van der Waals surface area contributed by atoms with Gasteiger partial charge in [0.1, 0.15) is 17.8 Å². The fraction of sp³-hybridized carbons (Fsp3) is 0.731. The molecule has 4 aliphatic rings. The van der Waals surface area contributed by atoms with Gasteiger partial charge in [-0.15, -0.1) is 0 Å². The van der Waals surface area contributed by atoms with Crippen LogP contribution >= 0.6 is 0 Å². The second kappa shape index (κ2) is 7.11. The van der Waals surface area contributed by atoms with Gasteiger partial charge in [0.2, 0.25) is 0 Å². The number of aliphatic hydroxyl groups is 3. The van der Waals surface area contributed by atoms with E-state index in [1.807, 2.05) is 46.8 Å². The third kappa shape index (κ3) is 2.73. The van der Waals surface area contributed by atoms with Crippen LogP contribution in [0.15, 0.2) is 34.9 Å². The van der Waals surface area contributed by atoms with Gasteiger partial charge in [-0.2, -0.15) is 0 Å². The first kappa shape index (κ1) is 22.9. The number of fused-ring (bicyclic) bond motifs is 3. The second-order valence-corrected chi connectivity index (χ2v) is 11.1. The fourth-order valence-corrected chi connectivity index (χ4v) is 7.17. The fourth-order valence-electron chi connectivity index (χ4n) is 7.17. The highest BCUT2D eigenvalue weighted by atomic mass is 16.5. The Morgan fingerprint density at radius 1 is 1.39 bits per heavy atom. The highest BCUT2D eigenvalue weighted by molar-refractivity contribution is 5.95. The Hall–Kier alpha value is -1.27. The lowest BCUT2D eigenvalue weighted by Gasteiger charge is -2.49. The Morgan fingerprint density at radius 2 is 2.03 bits per heavy atom. The van der Waals surface area contributed by atoms with Gasteiger partial charge >= 0.3 is 0 Å². The molecule has 31 heavy (non-hydrogen) atoms. The van der Waals surface area contributed by atoms with Gasteiger partial charge in [-0.25, -0.2) is 0 Å². The van der Waals surface area contributed by atoms with E-state index in [-0.39, 0.29) is 29.1 Å². The maximum absolute atomic E-state index is 14.3. The van der Waals surface area contributed by atoms with Crippen molar-refractivity contribution in [2.75, 3.05) is 6.61 Å². The molecular formula is C26H38O5. The summed E-state index contributed by atoms with van der Waals surface area (Å²) in [6.07, 6.45) is 3.93. The van der Waals surface area contributed by atoms with Gasteiger partial charge in [0, 0.05) is 5.92 Å². The van der Waals surface area contributed by atoms with E-state index < -0.39 is 35.7 Å². The van der Waals surface area contributed by atoms with E-state index in [1.165, 1.54) is 0 Å². The lowest BCUT2D eigenvalue weighted by atomic mass is 9.59. The van der Waals surface area contributed by atoms with Crippen LogP contribution in [0.3, 0.4) is 0 Å². The van der Waals surface area contributed by atoms with Gasteiger partial charge in [-0.05, 0) is 74.0 Å². The number of rotatable bonds is 4. The third-order valence-electron chi connectivity index (χ3n) is 9.33. The molecule has 0 aromatic heterocycles. The largest absolute Gasteiger partial charge is 0.392 e. The maximum atomic E-state index is 14.3. The summed E-state index contributed by atoms with van der Waals surface area (Å²) in [6, 6.07) is 0. The number of allylic oxidation sites excluding steroid dienone is 2. The molecule has 4 aliphatic carbocycles. The van der Waals surface area contributed by atoms with Crippen molar-refractivity contribution in [1.29, 1.82) is 0 Å². The van der Waals surface area contributed by atoms with Gasteiger partial charge in [-0.1, -0.05) is 39.0 Å². The van der Waals surface area contributed by atoms with E-state index in [2.05, 4.69) is 13.8 Å². The summed E-state index contributed by atoms with van der Waals surface area (Å²) in [5, 5.41) is 34.0. The van der Waals surface area contributed by atoms with Crippen LogP contribution in [-0.2, 0) is 9.53 Å². The smallest absolute Gasteiger partial charge is 0.153 e. The average molecular weight is 431 g/mol. The lowest BCUT2D eigenvalue weighted by Crippen LogP contribution is -2.66. The van der Waals surface area contributed by atoms with Crippen LogP contribution in [0, 0.1) is 34.5 Å². The molecule has 0 heterocycles. The van der Waals surface area contributed by atoms with Crippen molar-refractivity contribution in [1.82, 2.24) is 0 Å². The first-order valence-electron chi connectivity index (χ1n) is 11.6. The highest BCUT2D eigenvalue weighted by Crippen LogP contribution is 2.71. The zero-order valence-corrected chi connectivity index (χ0v) is 19.8. The summed E-state index contributed by atoms with van der Waals surface area (Å²) >= 11 is 0. The van der Waals surface area contributed by atoms with E-state index in [0.717, 1.165) is 17.6 Å². The van der Waals surface area contributed by atoms with Crippen molar-refractivity contribution in [2.24, 2.45) is 34.5 Å². The summed E-state index contributed by atoms with van der Waals surface area (Å²) in [5.41, 5.74) is -0.965. The van der Waals surface area contributed by atoms with Crippen LogP contribution in [0.5, 0.6) is 0 Å². The number of ketones is 1. The molecule has 5 heteroatoms. The van der Waals surface area contributed by atoms with Crippen LogP contribution in [0.1, 0.15) is 54.9 Å². The molecule has 0 aromatic rings. The minimum atomic E-state index is -1.86. The van der Waals surface area contributed by atoms with Gasteiger partial charge in [0.15, 0.2) is 5.78 Å². The third-order valence-corrected chi connectivity index (χ3v) is 9.33.